The van der Waals surface area contributed by atoms with E-state index in [4.69, 9.17) is 16.3 Å². The van der Waals surface area contributed by atoms with Crippen LogP contribution in [-0.4, -0.2) is 21.8 Å². The van der Waals surface area contributed by atoms with E-state index in [2.05, 4.69) is 38.9 Å². The molecule has 0 unspecified atom stereocenters. The van der Waals surface area contributed by atoms with Gasteiger partial charge in [-0.15, -0.1) is 0 Å². The Kier molecular flexibility index (Phi) is 6.78. The number of rotatable bonds is 7. The Hall–Kier alpha value is -4.42. The van der Waals surface area contributed by atoms with E-state index in [9.17, 15) is 4.79 Å². The lowest BCUT2D eigenvalue weighted by molar-refractivity contribution is 0.0950. The number of amides is 1. The number of fused-ring (bicyclic) bond motifs is 1. The van der Waals surface area contributed by atoms with Crippen molar-refractivity contribution in [3.05, 3.63) is 119 Å². The maximum absolute atomic E-state index is 12.6. The number of aromatic amines is 1. The molecule has 6 nitrogen and oxygen atoms in total. The molecule has 0 fully saturated rings. The SMILES string of the molecule is CC(=NNC(=O)c1cc(-c2ccc(OCc3ccc(Cl)cc3)cc2)n[nH]1)c1ccc2ccccc2c1. The third-order valence-electron chi connectivity index (χ3n) is 5.78. The number of hydrogen-bond donors (Lipinski definition) is 2. The Morgan fingerprint density at radius 2 is 1.69 bits per heavy atom. The number of carbonyl (C=O) groups is 1. The topological polar surface area (TPSA) is 79.4 Å². The van der Waals surface area contributed by atoms with Crippen LogP contribution >= 0.6 is 11.6 Å². The van der Waals surface area contributed by atoms with Crippen LogP contribution in [0.3, 0.4) is 0 Å². The summed E-state index contributed by atoms with van der Waals surface area (Å²) in [6.45, 7) is 2.31. The third kappa shape index (κ3) is 5.45. The van der Waals surface area contributed by atoms with Gasteiger partial charge in [-0.3, -0.25) is 9.89 Å². The number of H-pyrrole nitrogens is 1. The van der Waals surface area contributed by atoms with Crippen molar-refractivity contribution in [3.8, 4) is 17.0 Å². The van der Waals surface area contributed by atoms with Crippen molar-refractivity contribution in [1.82, 2.24) is 15.6 Å². The minimum Gasteiger partial charge on any atom is -0.489 e. The van der Waals surface area contributed by atoms with Crippen LogP contribution in [0.2, 0.25) is 5.02 Å². The van der Waals surface area contributed by atoms with Crippen molar-refractivity contribution in [2.45, 2.75) is 13.5 Å². The number of aromatic nitrogens is 2. The highest BCUT2D eigenvalue weighted by Gasteiger charge is 2.11. The Morgan fingerprint density at radius 1 is 0.944 bits per heavy atom. The van der Waals surface area contributed by atoms with Crippen LogP contribution in [0.4, 0.5) is 0 Å². The van der Waals surface area contributed by atoms with Gasteiger partial charge in [-0.1, -0.05) is 60.1 Å². The molecule has 0 aliphatic carbocycles. The van der Waals surface area contributed by atoms with Crippen LogP contribution in [0, 0.1) is 0 Å². The lowest BCUT2D eigenvalue weighted by Gasteiger charge is -2.07. The fourth-order valence-corrected chi connectivity index (χ4v) is 3.85. The molecule has 1 amide bonds. The summed E-state index contributed by atoms with van der Waals surface area (Å²) in [5.41, 5.74) is 7.13. The second-order valence-corrected chi connectivity index (χ2v) is 8.74. The van der Waals surface area contributed by atoms with Crippen LogP contribution in [0.1, 0.15) is 28.5 Å². The van der Waals surface area contributed by atoms with Crippen LogP contribution in [0.5, 0.6) is 5.75 Å². The molecule has 0 aliphatic heterocycles. The number of ether oxygens (including phenoxy) is 1. The molecule has 4 aromatic carbocycles. The molecule has 0 spiro atoms. The van der Waals surface area contributed by atoms with Crippen LogP contribution < -0.4 is 10.2 Å². The molecule has 0 aliphatic rings. The molecule has 0 radical (unpaired) electrons. The van der Waals surface area contributed by atoms with E-state index in [1.807, 2.05) is 79.7 Å². The molecule has 1 heterocycles. The zero-order valence-electron chi connectivity index (χ0n) is 19.5. The van der Waals surface area contributed by atoms with Crippen LogP contribution in [0.15, 0.2) is 102 Å². The van der Waals surface area contributed by atoms with E-state index in [0.717, 1.165) is 33.2 Å². The predicted octanol–water partition coefficient (Wildman–Crippen LogP) is 6.62. The smallest absolute Gasteiger partial charge is 0.289 e. The van der Waals surface area contributed by atoms with Crippen molar-refractivity contribution in [2.24, 2.45) is 5.10 Å². The molecule has 5 rings (SSSR count). The van der Waals surface area contributed by atoms with E-state index in [1.165, 1.54) is 0 Å². The van der Waals surface area contributed by atoms with Crippen LogP contribution in [-0.2, 0) is 6.61 Å². The first-order chi connectivity index (χ1) is 17.5. The Labute approximate surface area is 213 Å². The van der Waals surface area contributed by atoms with Crippen molar-refractivity contribution < 1.29 is 9.53 Å². The van der Waals surface area contributed by atoms with Gasteiger partial charge in [0.25, 0.3) is 5.91 Å². The van der Waals surface area contributed by atoms with Gasteiger partial charge in [0.05, 0.1) is 11.4 Å². The van der Waals surface area contributed by atoms with Gasteiger partial charge in [-0.25, -0.2) is 5.43 Å². The number of benzene rings is 4. The molecule has 1 aromatic heterocycles. The average molecular weight is 495 g/mol. The highest BCUT2D eigenvalue weighted by Crippen LogP contribution is 2.22. The molecular weight excluding hydrogens is 472 g/mol. The predicted molar refractivity (Wildman–Crippen MR) is 143 cm³/mol. The van der Waals surface area contributed by atoms with Gasteiger partial charge in [0.1, 0.15) is 18.1 Å². The molecular formula is C29H23ClN4O2. The molecule has 36 heavy (non-hydrogen) atoms. The number of carbonyl (C=O) groups excluding carboxylic acids is 1. The van der Waals surface area contributed by atoms with E-state index in [1.54, 1.807) is 6.07 Å². The van der Waals surface area contributed by atoms with Crippen molar-refractivity contribution in [1.29, 1.82) is 0 Å². The Morgan fingerprint density at radius 3 is 2.47 bits per heavy atom. The summed E-state index contributed by atoms with van der Waals surface area (Å²) in [5.74, 6) is 0.373. The van der Waals surface area contributed by atoms with Gasteiger partial charge < -0.3 is 4.74 Å². The lowest BCUT2D eigenvalue weighted by atomic mass is 10.0. The highest BCUT2D eigenvalue weighted by atomic mass is 35.5. The van der Waals surface area contributed by atoms with E-state index < -0.39 is 0 Å². The monoisotopic (exact) mass is 494 g/mol. The van der Waals surface area contributed by atoms with E-state index >= 15 is 0 Å². The zero-order chi connectivity index (χ0) is 24.9. The zero-order valence-corrected chi connectivity index (χ0v) is 20.3. The molecule has 0 atom stereocenters. The van der Waals surface area contributed by atoms with Crippen LogP contribution in [0.25, 0.3) is 22.0 Å². The standard InChI is InChI=1S/C29H23ClN4O2/c1-19(23-9-8-21-4-2-3-5-24(21)16-23)31-34-29(35)28-17-27(32-33-28)22-10-14-26(15-11-22)36-18-20-6-12-25(30)13-7-20/h2-17H,18H2,1H3,(H,32,33)(H,34,35). The number of nitrogens with zero attached hydrogens (tertiary/aromatic N) is 2. The maximum atomic E-state index is 12.6. The largest absolute Gasteiger partial charge is 0.489 e. The van der Waals surface area contributed by atoms with Gasteiger partial charge in [0, 0.05) is 10.6 Å². The summed E-state index contributed by atoms with van der Waals surface area (Å²) >= 11 is 5.92. The summed E-state index contributed by atoms with van der Waals surface area (Å²) in [7, 11) is 0. The molecule has 7 heteroatoms. The fraction of sp³-hybridized carbons (Fsp3) is 0.0690. The second kappa shape index (κ2) is 10.5. The minimum atomic E-state index is -0.364. The second-order valence-electron chi connectivity index (χ2n) is 8.31. The van der Waals surface area contributed by atoms with Crippen molar-refractivity contribution in [3.63, 3.8) is 0 Å². The molecule has 0 saturated heterocycles. The maximum Gasteiger partial charge on any atom is 0.289 e. The quantitative estimate of drug-likeness (QED) is 0.197. The fourth-order valence-electron chi connectivity index (χ4n) is 3.73. The summed E-state index contributed by atoms with van der Waals surface area (Å²) in [6, 6.07) is 31.0. The summed E-state index contributed by atoms with van der Waals surface area (Å²) in [4.78, 5) is 12.6. The van der Waals surface area contributed by atoms with Crippen molar-refractivity contribution in [2.75, 3.05) is 0 Å². The first-order valence-corrected chi connectivity index (χ1v) is 11.8. The molecule has 2 N–H and O–H groups in total. The number of nitrogens with one attached hydrogen (secondary N) is 2. The summed E-state index contributed by atoms with van der Waals surface area (Å²) in [6.07, 6.45) is 0. The van der Waals surface area contributed by atoms with E-state index in [0.29, 0.717) is 28.7 Å². The van der Waals surface area contributed by atoms with Crippen molar-refractivity contribution >= 4 is 34.0 Å². The van der Waals surface area contributed by atoms with E-state index in [-0.39, 0.29) is 5.91 Å². The normalized spacial score (nSPS) is 11.4. The van der Waals surface area contributed by atoms with Gasteiger partial charge in [0.15, 0.2) is 0 Å². The third-order valence-corrected chi connectivity index (χ3v) is 6.04. The summed E-state index contributed by atoms with van der Waals surface area (Å²) < 4.78 is 5.83. The number of hydrazone groups is 1. The van der Waals surface area contributed by atoms with Gasteiger partial charge in [-0.05, 0) is 77.4 Å². The number of halogens is 1. The molecule has 0 bridgehead atoms. The average Bonchev–Trinajstić information content (AvgIpc) is 3.42. The minimum absolute atomic E-state index is 0.322. The first kappa shape index (κ1) is 23.3. The number of hydrogen-bond acceptors (Lipinski definition) is 4. The van der Waals surface area contributed by atoms with Gasteiger partial charge >= 0.3 is 0 Å². The Bertz CT molecular complexity index is 1540. The van der Waals surface area contributed by atoms with Gasteiger partial charge in [-0.2, -0.15) is 10.2 Å². The molecule has 0 saturated carbocycles. The molecule has 178 valence electrons. The Balaban J connectivity index is 1.21. The first-order valence-electron chi connectivity index (χ1n) is 11.4. The molecule has 5 aromatic rings. The highest BCUT2D eigenvalue weighted by molar-refractivity contribution is 6.30. The summed E-state index contributed by atoms with van der Waals surface area (Å²) in [5, 5.41) is 14.3. The van der Waals surface area contributed by atoms with Gasteiger partial charge in [0.2, 0.25) is 0 Å². The lowest BCUT2D eigenvalue weighted by Crippen LogP contribution is -2.19.